The van der Waals surface area contributed by atoms with Crippen molar-refractivity contribution in [3.63, 3.8) is 0 Å². The van der Waals surface area contributed by atoms with Gasteiger partial charge in [-0.1, -0.05) is 6.07 Å². The highest BCUT2D eigenvalue weighted by atomic mass is 32.1. The van der Waals surface area contributed by atoms with Crippen molar-refractivity contribution in [2.24, 2.45) is 0 Å². The highest BCUT2D eigenvalue weighted by Crippen LogP contribution is 2.42. The second kappa shape index (κ2) is 10.6. The molecule has 2 unspecified atom stereocenters. The highest BCUT2D eigenvalue weighted by Gasteiger charge is 2.41. The second-order valence-electron chi connectivity index (χ2n) is 9.25. The molecule has 36 heavy (non-hydrogen) atoms. The molecule has 3 heterocycles. The lowest BCUT2D eigenvalue weighted by atomic mass is 9.96. The minimum atomic E-state index is -0.415. The van der Waals surface area contributed by atoms with Crippen molar-refractivity contribution >= 4 is 23.0 Å². The summed E-state index contributed by atoms with van der Waals surface area (Å²) in [5.41, 5.74) is 4.82. The van der Waals surface area contributed by atoms with Crippen molar-refractivity contribution in [2.45, 2.75) is 32.4 Å². The summed E-state index contributed by atoms with van der Waals surface area (Å²) in [6.07, 6.45) is 2.77. The summed E-state index contributed by atoms with van der Waals surface area (Å²) < 4.78 is 7.65. The number of nitrogens with one attached hydrogen (secondary N) is 1. The van der Waals surface area contributed by atoms with E-state index in [1.54, 1.807) is 12.3 Å². The lowest BCUT2D eigenvalue weighted by molar-refractivity contribution is -0.384. The van der Waals surface area contributed by atoms with Crippen molar-refractivity contribution in [1.29, 1.82) is 0 Å². The predicted octanol–water partition coefficient (Wildman–Crippen LogP) is 4.33. The maximum absolute atomic E-state index is 11.3. The molecule has 9 nitrogen and oxygen atoms in total. The zero-order valence-electron chi connectivity index (χ0n) is 21.3. The smallest absolute Gasteiger partial charge is 0.273 e. The van der Waals surface area contributed by atoms with Crippen molar-refractivity contribution in [3.8, 4) is 11.4 Å². The zero-order valence-corrected chi connectivity index (χ0v) is 22.1. The van der Waals surface area contributed by atoms with Gasteiger partial charge in [-0.15, -0.1) is 0 Å². The third kappa shape index (κ3) is 4.91. The second-order valence-corrected chi connectivity index (χ2v) is 9.64. The Hall–Kier alpha value is -3.50. The van der Waals surface area contributed by atoms with Gasteiger partial charge in [0.25, 0.3) is 5.69 Å². The van der Waals surface area contributed by atoms with Crippen molar-refractivity contribution in [1.82, 2.24) is 24.7 Å². The molecule has 0 aliphatic carbocycles. The number of methoxy groups -OCH3 is 1. The minimum absolute atomic E-state index is 0.00842. The molecule has 0 bridgehead atoms. The van der Waals surface area contributed by atoms with Crippen LogP contribution in [0.2, 0.25) is 0 Å². The minimum Gasteiger partial charge on any atom is -0.494 e. The number of benzene rings is 1. The monoisotopic (exact) mass is 508 g/mol. The molecular weight excluding hydrogens is 476 g/mol. The Morgan fingerprint density at radius 2 is 2.00 bits per heavy atom. The quantitative estimate of drug-likeness (QED) is 0.260. The molecular formula is C26H32N6O3S. The van der Waals surface area contributed by atoms with Gasteiger partial charge in [0.1, 0.15) is 5.75 Å². The van der Waals surface area contributed by atoms with Gasteiger partial charge < -0.3 is 24.4 Å². The first-order valence-corrected chi connectivity index (χ1v) is 12.3. The number of thiocarbonyl (C=S) groups is 1. The largest absolute Gasteiger partial charge is 0.494 e. The van der Waals surface area contributed by atoms with E-state index in [-0.39, 0.29) is 17.8 Å². The van der Waals surface area contributed by atoms with Gasteiger partial charge in [0, 0.05) is 30.2 Å². The Bertz CT molecular complexity index is 1260. The molecule has 0 amide bonds. The summed E-state index contributed by atoms with van der Waals surface area (Å²) in [6.45, 7) is 5.86. The molecule has 1 aliphatic heterocycles. The van der Waals surface area contributed by atoms with Crippen LogP contribution in [-0.4, -0.2) is 63.7 Å². The average Bonchev–Trinajstić information content (AvgIpc) is 3.33. The number of nitro groups is 1. The van der Waals surface area contributed by atoms with Crippen LogP contribution in [0.15, 0.2) is 48.7 Å². The fraction of sp³-hybridized carbons (Fsp3) is 0.385. The highest BCUT2D eigenvalue weighted by molar-refractivity contribution is 7.80. The van der Waals surface area contributed by atoms with Crippen LogP contribution in [0.4, 0.5) is 5.69 Å². The van der Waals surface area contributed by atoms with E-state index in [2.05, 4.69) is 51.8 Å². The topological polar surface area (TPSA) is 88.7 Å². The Labute approximate surface area is 216 Å². The number of hydrogen-bond donors (Lipinski definition) is 1. The summed E-state index contributed by atoms with van der Waals surface area (Å²) in [6, 6.07) is 12.6. The Kier molecular flexibility index (Phi) is 7.56. The number of nitrogens with zero attached hydrogens (tertiary/aromatic N) is 5. The fourth-order valence-electron chi connectivity index (χ4n) is 4.96. The summed E-state index contributed by atoms with van der Waals surface area (Å²) in [4.78, 5) is 20.0. The van der Waals surface area contributed by atoms with Crippen LogP contribution in [0.25, 0.3) is 5.69 Å². The van der Waals surface area contributed by atoms with Gasteiger partial charge in [-0.05, 0) is 83.0 Å². The number of rotatable bonds is 9. The van der Waals surface area contributed by atoms with Crippen molar-refractivity contribution in [2.75, 3.05) is 34.3 Å². The summed E-state index contributed by atoms with van der Waals surface area (Å²) in [5.74, 6) is 0.446. The van der Waals surface area contributed by atoms with E-state index < -0.39 is 4.92 Å². The first kappa shape index (κ1) is 25.6. The van der Waals surface area contributed by atoms with Crippen LogP contribution < -0.4 is 10.1 Å². The van der Waals surface area contributed by atoms with Gasteiger partial charge in [-0.2, -0.15) is 0 Å². The van der Waals surface area contributed by atoms with Crippen LogP contribution in [-0.2, 0) is 0 Å². The lowest BCUT2D eigenvalue weighted by Gasteiger charge is -2.28. The molecule has 1 aliphatic rings. The van der Waals surface area contributed by atoms with Gasteiger partial charge in [0.15, 0.2) is 5.11 Å². The number of ether oxygens (including phenoxy) is 1. The number of non-ortho nitro benzene ring substituents is 1. The molecule has 190 valence electrons. The average molecular weight is 509 g/mol. The standard InChI is InChI=1S/C26H32N6O3S/c1-17-15-20(18(2)31(17)22-11-10-19(32(33)34)16-23(22)35-5)25-24(21-9-6-7-12-27-21)28-26(36)30(25)14-8-13-29(3)4/h6-7,9-12,15-16,24-25H,8,13-14H2,1-5H3,(H,28,36). The molecule has 3 aromatic rings. The number of pyridine rings is 1. The molecule has 4 rings (SSSR count). The molecule has 2 atom stereocenters. The molecule has 1 aromatic carbocycles. The van der Waals surface area contributed by atoms with E-state index in [9.17, 15) is 10.1 Å². The maximum atomic E-state index is 11.3. The van der Waals surface area contributed by atoms with E-state index in [0.717, 1.165) is 47.8 Å². The molecule has 1 fully saturated rings. The van der Waals surface area contributed by atoms with Gasteiger partial charge >= 0.3 is 0 Å². The summed E-state index contributed by atoms with van der Waals surface area (Å²) in [5, 5.41) is 15.5. The molecule has 10 heteroatoms. The number of nitro benzene ring substituents is 1. The van der Waals surface area contributed by atoms with Gasteiger partial charge in [0.05, 0.1) is 41.6 Å². The van der Waals surface area contributed by atoms with Gasteiger partial charge in [-0.3, -0.25) is 15.1 Å². The van der Waals surface area contributed by atoms with Gasteiger partial charge in [0.2, 0.25) is 0 Å². The third-order valence-electron chi connectivity index (χ3n) is 6.61. The molecule has 0 saturated carbocycles. The zero-order chi connectivity index (χ0) is 26.0. The van der Waals surface area contributed by atoms with E-state index in [1.165, 1.54) is 19.2 Å². The lowest BCUT2D eigenvalue weighted by Crippen LogP contribution is -2.32. The number of hydrogen-bond acceptors (Lipinski definition) is 6. The Balaban J connectivity index is 1.80. The Morgan fingerprint density at radius 1 is 1.22 bits per heavy atom. The predicted molar refractivity (Wildman–Crippen MR) is 144 cm³/mol. The van der Waals surface area contributed by atoms with E-state index in [4.69, 9.17) is 17.0 Å². The summed E-state index contributed by atoms with van der Waals surface area (Å²) >= 11 is 5.81. The van der Waals surface area contributed by atoms with E-state index in [0.29, 0.717) is 10.9 Å². The molecule has 1 N–H and O–H groups in total. The SMILES string of the molecule is COc1cc([N+](=O)[O-])ccc1-n1c(C)cc(C2C(c3ccccn3)NC(=S)N2CCCN(C)C)c1C. The summed E-state index contributed by atoms with van der Waals surface area (Å²) in [7, 11) is 5.67. The van der Waals surface area contributed by atoms with E-state index in [1.807, 2.05) is 25.1 Å². The van der Waals surface area contributed by atoms with Crippen LogP contribution in [0.5, 0.6) is 5.75 Å². The molecule has 0 radical (unpaired) electrons. The molecule has 0 spiro atoms. The fourth-order valence-corrected chi connectivity index (χ4v) is 5.30. The van der Waals surface area contributed by atoms with Crippen LogP contribution in [0, 0.1) is 24.0 Å². The first-order chi connectivity index (χ1) is 17.2. The van der Waals surface area contributed by atoms with Crippen LogP contribution in [0.3, 0.4) is 0 Å². The number of aromatic nitrogens is 2. The van der Waals surface area contributed by atoms with Crippen LogP contribution >= 0.6 is 12.2 Å². The third-order valence-corrected chi connectivity index (χ3v) is 6.96. The van der Waals surface area contributed by atoms with Crippen molar-refractivity contribution < 1.29 is 9.66 Å². The number of aryl methyl sites for hydroxylation is 1. The Morgan fingerprint density at radius 3 is 2.64 bits per heavy atom. The first-order valence-electron chi connectivity index (χ1n) is 11.9. The molecule has 1 saturated heterocycles. The van der Waals surface area contributed by atoms with E-state index >= 15 is 0 Å². The maximum Gasteiger partial charge on any atom is 0.273 e. The van der Waals surface area contributed by atoms with Crippen molar-refractivity contribution in [3.05, 3.63) is 81.4 Å². The molecule has 2 aromatic heterocycles. The van der Waals surface area contributed by atoms with Crippen LogP contribution in [0.1, 0.15) is 41.1 Å². The van der Waals surface area contributed by atoms with Gasteiger partial charge in [-0.25, -0.2) is 0 Å². The normalized spacial score (nSPS) is 17.5.